The molecule has 0 aliphatic rings. The molecular weight excluding hydrogens is 318 g/mol. The highest BCUT2D eigenvalue weighted by molar-refractivity contribution is 5.72. The maximum absolute atomic E-state index is 11.3. The number of benzene rings is 2. The van der Waals surface area contributed by atoms with Crippen molar-refractivity contribution in [2.45, 2.75) is 25.9 Å². The van der Waals surface area contributed by atoms with Gasteiger partial charge in [-0.25, -0.2) is 0 Å². The summed E-state index contributed by atoms with van der Waals surface area (Å²) in [5.74, 6) is 0.583. The van der Waals surface area contributed by atoms with Gasteiger partial charge in [-0.3, -0.25) is 4.79 Å². The van der Waals surface area contributed by atoms with E-state index in [0.29, 0.717) is 19.4 Å². The van der Waals surface area contributed by atoms with Crippen molar-refractivity contribution < 1.29 is 19.4 Å². The van der Waals surface area contributed by atoms with Crippen molar-refractivity contribution in [2.24, 2.45) is 0 Å². The van der Waals surface area contributed by atoms with E-state index in [0.717, 1.165) is 30.0 Å². The van der Waals surface area contributed by atoms with Gasteiger partial charge in [0.15, 0.2) is 0 Å². The van der Waals surface area contributed by atoms with E-state index < -0.39 is 0 Å². The molecule has 5 heteroatoms. The molecule has 2 N–H and O–H groups in total. The van der Waals surface area contributed by atoms with Gasteiger partial charge in [0.25, 0.3) is 0 Å². The molecule has 0 amide bonds. The average Bonchev–Trinajstić information content (AvgIpc) is 2.63. The number of aliphatic hydroxyl groups excluding tert-OH is 1. The first-order valence-electron chi connectivity index (χ1n) is 8.39. The molecule has 0 heterocycles. The fourth-order valence-corrected chi connectivity index (χ4v) is 2.40. The third-order valence-electron chi connectivity index (χ3n) is 3.72. The normalized spacial score (nSPS) is 10.5. The number of hydrogen-bond acceptors (Lipinski definition) is 5. The van der Waals surface area contributed by atoms with Gasteiger partial charge >= 0.3 is 5.97 Å². The molecule has 2 aromatic carbocycles. The highest BCUT2D eigenvalue weighted by Crippen LogP contribution is 2.13. The van der Waals surface area contributed by atoms with E-state index in [1.165, 1.54) is 12.7 Å². The summed E-state index contributed by atoms with van der Waals surface area (Å²) in [6, 6.07) is 15.8. The van der Waals surface area contributed by atoms with Crippen LogP contribution in [0.5, 0.6) is 5.75 Å². The van der Waals surface area contributed by atoms with E-state index >= 15 is 0 Å². The third-order valence-corrected chi connectivity index (χ3v) is 3.72. The third kappa shape index (κ3) is 6.95. The van der Waals surface area contributed by atoms with Gasteiger partial charge in [-0.2, -0.15) is 0 Å². The van der Waals surface area contributed by atoms with Crippen molar-refractivity contribution >= 4 is 5.97 Å². The molecule has 0 aliphatic heterocycles. The summed E-state index contributed by atoms with van der Waals surface area (Å²) in [6.45, 7) is 2.14. The summed E-state index contributed by atoms with van der Waals surface area (Å²) in [6.07, 6.45) is 0.931. The number of methoxy groups -OCH3 is 1. The Balaban J connectivity index is 1.78. The number of carbonyl (C=O) groups excluding carboxylic acids is 1. The highest BCUT2D eigenvalue weighted by Gasteiger charge is 2.03. The first-order valence-corrected chi connectivity index (χ1v) is 8.39. The molecule has 0 fully saturated rings. The van der Waals surface area contributed by atoms with Crippen LogP contribution in [0.3, 0.4) is 0 Å². The zero-order valence-corrected chi connectivity index (χ0v) is 14.5. The van der Waals surface area contributed by atoms with E-state index in [9.17, 15) is 4.79 Å². The Labute approximate surface area is 148 Å². The Kier molecular flexibility index (Phi) is 7.95. The van der Waals surface area contributed by atoms with Gasteiger partial charge in [-0.1, -0.05) is 36.4 Å². The number of rotatable bonds is 10. The number of aliphatic hydroxyl groups is 1. The molecular formula is C20H25NO4. The molecule has 0 atom stereocenters. The number of carbonyl (C=O) groups is 1. The molecule has 0 aromatic heterocycles. The van der Waals surface area contributed by atoms with Crippen LogP contribution in [-0.2, 0) is 29.0 Å². The minimum absolute atomic E-state index is 0.142. The Hall–Kier alpha value is -2.37. The standard InChI is InChI=1S/C20H25NO4/c1-24-20(23)13-17-4-2-5-18(12-17)15-21-14-16-6-8-19(9-7-16)25-11-3-10-22/h2,4-9,12,21-22H,3,10-11,13-15H2,1H3. The SMILES string of the molecule is COC(=O)Cc1cccc(CNCc2ccc(OCCCO)cc2)c1. The predicted octanol–water partition coefficient (Wildman–Crippen LogP) is 2.45. The number of hydrogen-bond donors (Lipinski definition) is 2. The van der Waals surface area contributed by atoms with Crippen molar-refractivity contribution in [1.29, 1.82) is 0 Å². The van der Waals surface area contributed by atoms with Crippen molar-refractivity contribution in [2.75, 3.05) is 20.3 Å². The molecule has 2 rings (SSSR count). The summed E-state index contributed by atoms with van der Waals surface area (Å²) in [7, 11) is 1.40. The van der Waals surface area contributed by atoms with E-state index in [1.807, 2.05) is 48.5 Å². The number of nitrogens with one attached hydrogen (secondary N) is 1. The van der Waals surface area contributed by atoms with Gasteiger partial charge in [0, 0.05) is 26.1 Å². The first-order chi connectivity index (χ1) is 12.2. The smallest absolute Gasteiger partial charge is 0.309 e. The lowest BCUT2D eigenvalue weighted by Gasteiger charge is -2.09. The van der Waals surface area contributed by atoms with E-state index in [-0.39, 0.29) is 12.6 Å². The van der Waals surface area contributed by atoms with E-state index in [4.69, 9.17) is 14.6 Å². The Morgan fingerprint density at radius 3 is 2.48 bits per heavy atom. The van der Waals surface area contributed by atoms with E-state index in [2.05, 4.69) is 5.32 Å². The Bertz CT molecular complexity index is 655. The molecule has 134 valence electrons. The summed E-state index contributed by atoms with van der Waals surface area (Å²) in [5, 5.41) is 12.1. The van der Waals surface area contributed by atoms with Crippen molar-refractivity contribution in [3.63, 3.8) is 0 Å². The summed E-state index contributed by atoms with van der Waals surface area (Å²) in [5.41, 5.74) is 3.25. The van der Waals surface area contributed by atoms with Crippen molar-refractivity contribution in [1.82, 2.24) is 5.32 Å². The lowest BCUT2D eigenvalue weighted by Crippen LogP contribution is -2.13. The minimum Gasteiger partial charge on any atom is -0.494 e. The van der Waals surface area contributed by atoms with Crippen molar-refractivity contribution in [3.05, 3.63) is 65.2 Å². The van der Waals surface area contributed by atoms with Crippen LogP contribution in [0.4, 0.5) is 0 Å². The van der Waals surface area contributed by atoms with Crippen LogP contribution in [-0.4, -0.2) is 31.4 Å². The largest absolute Gasteiger partial charge is 0.494 e. The fourth-order valence-electron chi connectivity index (χ4n) is 2.40. The van der Waals surface area contributed by atoms with Crippen LogP contribution >= 0.6 is 0 Å². The second kappa shape index (κ2) is 10.5. The maximum atomic E-state index is 11.3. The number of esters is 1. The molecule has 0 bridgehead atoms. The first kappa shape index (κ1) is 19.0. The van der Waals surface area contributed by atoms with Gasteiger partial charge in [0.2, 0.25) is 0 Å². The topological polar surface area (TPSA) is 67.8 Å². The van der Waals surface area contributed by atoms with Crippen LogP contribution < -0.4 is 10.1 Å². The quantitative estimate of drug-likeness (QED) is 0.512. The molecule has 5 nitrogen and oxygen atoms in total. The van der Waals surface area contributed by atoms with Crippen LogP contribution in [0.15, 0.2) is 48.5 Å². The van der Waals surface area contributed by atoms with Crippen LogP contribution in [0.25, 0.3) is 0 Å². The second-order valence-electron chi connectivity index (χ2n) is 5.75. The zero-order chi connectivity index (χ0) is 17.9. The average molecular weight is 343 g/mol. The fraction of sp³-hybridized carbons (Fsp3) is 0.350. The van der Waals surface area contributed by atoms with Crippen molar-refractivity contribution in [3.8, 4) is 5.75 Å². The van der Waals surface area contributed by atoms with Crippen LogP contribution in [0.2, 0.25) is 0 Å². The van der Waals surface area contributed by atoms with Gasteiger partial charge in [0.1, 0.15) is 5.75 Å². The minimum atomic E-state index is -0.230. The van der Waals surface area contributed by atoms with Crippen LogP contribution in [0, 0.1) is 0 Å². The summed E-state index contributed by atoms with van der Waals surface area (Å²) in [4.78, 5) is 11.3. The van der Waals surface area contributed by atoms with Gasteiger partial charge in [-0.05, 0) is 28.8 Å². The molecule has 0 spiro atoms. The Morgan fingerprint density at radius 2 is 1.76 bits per heavy atom. The molecule has 0 radical (unpaired) electrons. The predicted molar refractivity (Wildman–Crippen MR) is 96.3 cm³/mol. The summed E-state index contributed by atoms with van der Waals surface area (Å²) < 4.78 is 10.2. The van der Waals surface area contributed by atoms with Crippen LogP contribution in [0.1, 0.15) is 23.1 Å². The second-order valence-corrected chi connectivity index (χ2v) is 5.75. The van der Waals surface area contributed by atoms with E-state index in [1.54, 1.807) is 0 Å². The van der Waals surface area contributed by atoms with Gasteiger partial charge < -0.3 is 19.9 Å². The number of ether oxygens (including phenoxy) is 2. The lowest BCUT2D eigenvalue weighted by atomic mass is 10.1. The summed E-state index contributed by atoms with van der Waals surface area (Å²) >= 11 is 0. The lowest BCUT2D eigenvalue weighted by molar-refractivity contribution is -0.139. The monoisotopic (exact) mass is 343 g/mol. The zero-order valence-electron chi connectivity index (χ0n) is 14.5. The molecule has 25 heavy (non-hydrogen) atoms. The molecule has 2 aromatic rings. The molecule has 0 saturated carbocycles. The molecule has 0 saturated heterocycles. The molecule has 0 aliphatic carbocycles. The highest BCUT2D eigenvalue weighted by atomic mass is 16.5. The maximum Gasteiger partial charge on any atom is 0.309 e. The Morgan fingerprint density at radius 1 is 1.04 bits per heavy atom. The van der Waals surface area contributed by atoms with Gasteiger partial charge in [-0.15, -0.1) is 0 Å². The molecule has 0 unspecified atom stereocenters. The van der Waals surface area contributed by atoms with Gasteiger partial charge in [0.05, 0.1) is 20.1 Å².